The summed E-state index contributed by atoms with van der Waals surface area (Å²) >= 11 is 0. The molecular formula is C30H34F4N6O2. The number of piperidine rings is 1. The first-order valence-electron chi connectivity index (χ1n) is 14.2. The second-order valence-electron chi connectivity index (χ2n) is 11.2. The third kappa shape index (κ3) is 6.07. The molecule has 1 amide bonds. The van der Waals surface area contributed by atoms with Gasteiger partial charge in [-0.25, -0.2) is 11.0 Å². The average molecular weight is 587 g/mol. The van der Waals surface area contributed by atoms with Gasteiger partial charge in [0.25, 0.3) is 0 Å². The summed E-state index contributed by atoms with van der Waals surface area (Å²) in [6.07, 6.45) is -0.0644. The summed E-state index contributed by atoms with van der Waals surface area (Å²) in [6.45, 7) is 13.2. The highest BCUT2D eigenvalue weighted by atomic mass is 19.4. The molecule has 0 bridgehead atoms. The van der Waals surface area contributed by atoms with Crippen LogP contribution in [0, 0.1) is 12.4 Å². The van der Waals surface area contributed by atoms with E-state index in [0.717, 1.165) is 36.7 Å². The lowest BCUT2D eigenvalue weighted by molar-refractivity contribution is -0.139. The Morgan fingerprint density at radius 1 is 1.21 bits per heavy atom. The van der Waals surface area contributed by atoms with Gasteiger partial charge >= 0.3 is 12.2 Å². The fourth-order valence-corrected chi connectivity index (χ4v) is 6.45. The van der Waals surface area contributed by atoms with Crippen LogP contribution in [0.2, 0.25) is 0 Å². The van der Waals surface area contributed by atoms with Crippen molar-refractivity contribution in [1.29, 1.82) is 0 Å². The molecule has 3 atom stereocenters. The number of hydrogen-bond donors (Lipinski definition) is 0. The Morgan fingerprint density at radius 2 is 2.02 bits per heavy atom. The fraction of sp³-hybridized carbons (Fsp3) is 0.533. The third-order valence-electron chi connectivity index (χ3n) is 8.63. The van der Waals surface area contributed by atoms with Crippen molar-refractivity contribution in [3.05, 3.63) is 70.6 Å². The van der Waals surface area contributed by atoms with E-state index < -0.39 is 17.6 Å². The van der Waals surface area contributed by atoms with E-state index in [1.54, 1.807) is 4.90 Å². The van der Waals surface area contributed by atoms with Crippen molar-refractivity contribution in [2.45, 2.75) is 62.8 Å². The molecule has 3 aliphatic heterocycles. The third-order valence-corrected chi connectivity index (χ3v) is 8.63. The van der Waals surface area contributed by atoms with Gasteiger partial charge in [0.1, 0.15) is 24.0 Å². The molecule has 3 aliphatic rings. The first-order chi connectivity index (χ1) is 20.1. The summed E-state index contributed by atoms with van der Waals surface area (Å²) in [5.74, 6) is -1.63. The number of benzene rings is 1. The van der Waals surface area contributed by atoms with Gasteiger partial charge in [0.05, 0.1) is 23.6 Å². The van der Waals surface area contributed by atoms with Crippen LogP contribution in [0.5, 0.6) is 6.01 Å². The Morgan fingerprint density at radius 3 is 2.71 bits per heavy atom. The summed E-state index contributed by atoms with van der Waals surface area (Å²) in [5.41, 5.74) is 0.633. The summed E-state index contributed by atoms with van der Waals surface area (Å²) in [7, 11) is 2.03. The molecule has 2 fully saturated rings. The van der Waals surface area contributed by atoms with E-state index in [1.807, 2.05) is 7.05 Å². The fourth-order valence-electron chi connectivity index (χ4n) is 6.45. The van der Waals surface area contributed by atoms with Crippen LogP contribution >= 0.6 is 0 Å². The number of fused-ring (bicyclic) bond motifs is 1. The largest absolute Gasteiger partial charge is 0.462 e. The molecule has 2 aromatic rings. The SMILES string of the molecule is [C-]#[N+]C[C@H]1CC(c2nc(OC[C@@H]3CCCN3C)nc3c2CCN(c2cccc(F)c2C(F)(F)F)C3)CCN1C(=O)C=C. The van der Waals surface area contributed by atoms with Gasteiger partial charge in [-0.1, -0.05) is 12.6 Å². The van der Waals surface area contributed by atoms with Gasteiger partial charge in [0.2, 0.25) is 12.5 Å². The van der Waals surface area contributed by atoms with Gasteiger partial charge in [0.15, 0.2) is 0 Å². The molecular weight excluding hydrogens is 552 g/mol. The van der Waals surface area contributed by atoms with Crippen molar-refractivity contribution < 1.29 is 27.1 Å². The monoisotopic (exact) mass is 586 g/mol. The number of anilines is 1. The molecule has 0 aliphatic carbocycles. The number of likely N-dealkylation sites (tertiary alicyclic amines) is 2. The maximum Gasteiger partial charge on any atom is 0.421 e. The number of ether oxygens (including phenoxy) is 1. The molecule has 8 nitrogen and oxygen atoms in total. The number of carbonyl (C=O) groups excluding carboxylic acids is 1. The Kier molecular flexibility index (Phi) is 8.68. The zero-order valence-corrected chi connectivity index (χ0v) is 23.5. The highest BCUT2D eigenvalue weighted by Gasteiger charge is 2.40. The van der Waals surface area contributed by atoms with Crippen LogP contribution in [-0.2, 0) is 23.9 Å². The maximum absolute atomic E-state index is 14.4. The predicted molar refractivity (Wildman–Crippen MR) is 148 cm³/mol. The van der Waals surface area contributed by atoms with Crippen LogP contribution in [0.25, 0.3) is 4.85 Å². The number of nitrogens with zero attached hydrogens (tertiary/aromatic N) is 6. The number of aromatic nitrogens is 2. The average Bonchev–Trinajstić information content (AvgIpc) is 3.38. The van der Waals surface area contributed by atoms with Gasteiger partial charge in [-0.05, 0) is 69.5 Å². The van der Waals surface area contributed by atoms with Crippen LogP contribution in [0.3, 0.4) is 0 Å². The second-order valence-corrected chi connectivity index (χ2v) is 11.2. The van der Waals surface area contributed by atoms with Crippen LogP contribution in [0.4, 0.5) is 23.2 Å². The second kappa shape index (κ2) is 12.3. The smallest absolute Gasteiger partial charge is 0.421 e. The summed E-state index contributed by atoms with van der Waals surface area (Å²) < 4.78 is 62.1. The van der Waals surface area contributed by atoms with E-state index in [0.29, 0.717) is 38.1 Å². The molecule has 2 saturated heterocycles. The molecule has 1 unspecified atom stereocenters. The zero-order chi connectivity index (χ0) is 30.0. The zero-order valence-electron chi connectivity index (χ0n) is 23.5. The standard InChI is InChI=1S/C30H34F4N6O2/c1-4-26(41)40-14-10-19(15-21(40)16-35-2)28-22-11-13-39(25-9-5-8-23(31)27(25)30(32,33)34)17-24(22)36-29(37-28)42-18-20-7-6-12-38(20)3/h4-5,8-9,19-21H,1,6-7,10-18H2,3H3/t19?,20-,21+/m0/s1. The molecule has 4 heterocycles. The van der Waals surface area contributed by atoms with Gasteiger partial charge in [-0.15, -0.1) is 0 Å². The maximum atomic E-state index is 14.4. The number of rotatable bonds is 7. The molecule has 12 heteroatoms. The summed E-state index contributed by atoms with van der Waals surface area (Å²) in [4.78, 5) is 30.9. The molecule has 224 valence electrons. The Balaban J connectivity index is 1.49. The van der Waals surface area contributed by atoms with Gasteiger partial charge in [0, 0.05) is 25.0 Å². The molecule has 0 radical (unpaired) electrons. The van der Waals surface area contributed by atoms with Crippen molar-refractivity contribution in [3.8, 4) is 6.01 Å². The van der Waals surface area contributed by atoms with Gasteiger partial charge < -0.3 is 24.3 Å². The number of hydrogen-bond acceptors (Lipinski definition) is 6. The topological polar surface area (TPSA) is 66.2 Å². The first kappa shape index (κ1) is 29.8. The minimum atomic E-state index is -4.85. The number of carbonyl (C=O) groups is 1. The number of amides is 1. The van der Waals surface area contributed by atoms with Gasteiger partial charge in [-0.3, -0.25) is 4.79 Å². The van der Waals surface area contributed by atoms with Crippen LogP contribution in [0.15, 0.2) is 30.9 Å². The van der Waals surface area contributed by atoms with E-state index in [9.17, 15) is 22.4 Å². The Hall–Kier alpha value is -3.72. The number of likely N-dealkylation sites (N-methyl/N-ethyl adjacent to an activating group) is 1. The minimum absolute atomic E-state index is 0.0381. The van der Waals surface area contributed by atoms with Crippen LogP contribution < -0.4 is 9.64 Å². The van der Waals surface area contributed by atoms with Crippen molar-refractivity contribution >= 4 is 11.6 Å². The molecule has 0 saturated carbocycles. The minimum Gasteiger partial charge on any atom is -0.462 e. The molecule has 1 aromatic carbocycles. The van der Waals surface area contributed by atoms with Crippen LogP contribution in [0.1, 0.15) is 54.1 Å². The Labute approximate surface area is 242 Å². The quantitative estimate of drug-likeness (QED) is 0.263. The van der Waals surface area contributed by atoms with Crippen molar-refractivity contribution in [1.82, 2.24) is 19.8 Å². The number of halogens is 4. The van der Waals surface area contributed by atoms with Crippen LogP contribution in [-0.4, -0.2) is 77.6 Å². The molecule has 42 heavy (non-hydrogen) atoms. The van der Waals surface area contributed by atoms with E-state index >= 15 is 0 Å². The van der Waals surface area contributed by atoms with E-state index in [-0.39, 0.29) is 55.2 Å². The van der Waals surface area contributed by atoms with Crippen molar-refractivity contribution in [2.75, 3.05) is 44.7 Å². The van der Waals surface area contributed by atoms with Crippen molar-refractivity contribution in [2.24, 2.45) is 0 Å². The van der Waals surface area contributed by atoms with Gasteiger partial charge in [-0.2, -0.15) is 23.1 Å². The number of alkyl halides is 3. The van der Waals surface area contributed by atoms with E-state index in [1.165, 1.54) is 23.1 Å². The molecule has 1 aromatic heterocycles. The first-order valence-corrected chi connectivity index (χ1v) is 14.2. The predicted octanol–water partition coefficient (Wildman–Crippen LogP) is 4.85. The molecule has 5 rings (SSSR count). The summed E-state index contributed by atoms with van der Waals surface area (Å²) in [5, 5.41) is 0. The highest BCUT2D eigenvalue weighted by molar-refractivity contribution is 5.87. The normalized spacial score (nSPS) is 22.9. The Bertz CT molecular complexity index is 1380. The molecule has 0 spiro atoms. The lowest BCUT2D eigenvalue weighted by Gasteiger charge is -2.38. The van der Waals surface area contributed by atoms with Crippen molar-refractivity contribution in [3.63, 3.8) is 0 Å². The highest BCUT2D eigenvalue weighted by Crippen LogP contribution is 2.41. The summed E-state index contributed by atoms with van der Waals surface area (Å²) in [6, 6.07) is 3.45. The van der Waals surface area contributed by atoms with E-state index in [4.69, 9.17) is 16.3 Å². The molecule has 0 N–H and O–H groups in total. The van der Waals surface area contributed by atoms with E-state index in [2.05, 4.69) is 21.3 Å². The lowest BCUT2D eigenvalue weighted by atomic mass is 9.84. The lowest BCUT2D eigenvalue weighted by Crippen LogP contribution is -2.46.